The van der Waals surface area contributed by atoms with Crippen LogP contribution < -0.4 is 4.57 Å². The Morgan fingerprint density at radius 2 is 0.683 bits per heavy atom. The van der Waals surface area contributed by atoms with Crippen molar-refractivity contribution in [3.05, 3.63) is 29.6 Å². The SMILES string of the molecule is CCCCCCCCCCCCCCc1cc[n+](CCCCCCC)cc1CCCCCCCCCCCCCC. The maximum absolute atomic E-state index is 2.54. The minimum atomic E-state index is 1.20. The largest absolute Gasteiger partial charge is 0.205 e. The van der Waals surface area contributed by atoms with Crippen molar-refractivity contribution < 1.29 is 4.57 Å². The molecule has 0 saturated carbocycles. The Labute approximate surface area is 260 Å². The van der Waals surface area contributed by atoms with Gasteiger partial charge < -0.3 is 0 Å². The molecule has 0 atom stereocenters. The first kappa shape index (κ1) is 38.2. The van der Waals surface area contributed by atoms with Crippen LogP contribution in [0.5, 0.6) is 0 Å². The van der Waals surface area contributed by atoms with Gasteiger partial charge in [-0.05, 0) is 37.7 Å². The number of hydrogen-bond acceptors (Lipinski definition) is 0. The highest BCUT2D eigenvalue weighted by atomic mass is 14.9. The average Bonchev–Trinajstić information content (AvgIpc) is 2.99. The molecule has 1 nitrogen and oxygen atoms in total. The Kier molecular flexibility index (Phi) is 28.5. The van der Waals surface area contributed by atoms with E-state index < -0.39 is 0 Å². The zero-order chi connectivity index (χ0) is 29.5. The molecular formula is C40H76N+. The van der Waals surface area contributed by atoms with E-state index in [0.29, 0.717) is 0 Å². The van der Waals surface area contributed by atoms with Crippen molar-refractivity contribution in [2.24, 2.45) is 0 Å². The number of nitrogens with zero attached hydrogens (tertiary/aromatic N) is 1. The van der Waals surface area contributed by atoms with E-state index in [1.54, 1.807) is 11.1 Å². The Balaban J connectivity index is 2.29. The van der Waals surface area contributed by atoms with Crippen molar-refractivity contribution in [2.75, 3.05) is 0 Å². The lowest BCUT2D eigenvalue weighted by atomic mass is 9.97. The molecule has 0 aliphatic carbocycles. The summed E-state index contributed by atoms with van der Waals surface area (Å²) in [6, 6.07) is 2.49. The first-order chi connectivity index (χ1) is 20.3. The number of aromatic nitrogens is 1. The van der Waals surface area contributed by atoms with E-state index in [1.165, 1.54) is 206 Å². The number of rotatable bonds is 32. The van der Waals surface area contributed by atoms with Crippen molar-refractivity contribution in [1.82, 2.24) is 0 Å². The highest BCUT2D eigenvalue weighted by Gasteiger charge is 2.10. The molecule has 0 aliphatic heterocycles. The molecule has 0 aromatic carbocycles. The molecule has 0 fully saturated rings. The minimum absolute atomic E-state index is 1.20. The van der Waals surface area contributed by atoms with Crippen molar-refractivity contribution in [3.8, 4) is 0 Å². The summed E-state index contributed by atoms with van der Waals surface area (Å²) in [6.07, 6.45) is 48.9. The molecule has 41 heavy (non-hydrogen) atoms. The molecule has 0 saturated heterocycles. The van der Waals surface area contributed by atoms with Crippen LogP contribution in [0.3, 0.4) is 0 Å². The maximum Gasteiger partial charge on any atom is 0.172 e. The van der Waals surface area contributed by atoms with Crippen LogP contribution in [0.2, 0.25) is 0 Å². The number of pyridine rings is 1. The van der Waals surface area contributed by atoms with Crippen molar-refractivity contribution in [1.29, 1.82) is 0 Å². The Morgan fingerprint density at radius 1 is 0.366 bits per heavy atom. The lowest BCUT2D eigenvalue weighted by Gasteiger charge is -2.10. The van der Waals surface area contributed by atoms with E-state index in [4.69, 9.17) is 0 Å². The minimum Gasteiger partial charge on any atom is -0.205 e. The van der Waals surface area contributed by atoms with Gasteiger partial charge in [0.15, 0.2) is 12.4 Å². The second-order valence-electron chi connectivity index (χ2n) is 13.4. The summed E-state index contributed by atoms with van der Waals surface area (Å²) in [7, 11) is 0. The molecule has 1 aromatic rings. The van der Waals surface area contributed by atoms with Gasteiger partial charge in [0.25, 0.3) is 0 Å². The Morgan fingerprint density at radius 3 is 1.07 bits per heavy atom. The molecule has 0 N–H and O–H groups in total. The van der Waals surface area contributed by atoms with Crippen LogP contribution in [0.25, 0.3) is 0 Å². The van der Waals surface area contributed by atoms with Gasteiger partial charge in [-0.15, -0.1) is 0 Å². The van der Waals surface area contributed by atoms with Gasteiger partial charge in [-0.1, -0.05) is 181 Å². The second-order valence-corrected chi connectivity index (χ2v) is 13.4. The predicted molar refractivity (Wildman–Crippen MR) is 185 cm³/mol. The number of hydrogen-bond donors (Lipinski definition) is 0. The van der Waals surface area contributed by atoms with Crippen molar-refractivity contribution >= 4 is 0 Å². The monoisotopic (exact) mass is 571 g/mol. The summed E-state index contributed by atoms with van der Waals surface area (Å²) in [5.74, 6) is 0. The van der Waals surface area contributed by atoms with Crippen LogP contribution >= 0.6 is 0 Å². The summed E-state index contributed by atoms with van der Waals surface area (Å²) in [6.45, 7) is 8.14. The predicted octanol–water partition coefficient (Wildman–Crippen LogP) is 13.4. The summed E-state index contributed by atoms with van der Waals surface area (Å²) in [5.41, 5.74) is 3.32. The van der Waals surface area contributed by atoms with Gasteiger partial charge in [0.05, 0.1) is 0 Å². The smallest absolute Gasteiger partial charge is 0.172 e. The molecule has 0 amide bonds. The highest BCUT2D eigenvalue weighted by Crippen LogP contribution is 2.18. The van der Waals surface area contributed by atoms with E-state index >= 15 is 0 Å². The molecule has 0 bridgehead atoms. The van der Waals surface area contributed by atoms with Gasteiger partial charge in [0.2, 0.25) is 0 Å². The van der Waals surface area contributed by atoms with Crippen LogP contribution in [0.1, 0.15) is 218 Å². The van der Waals surface area contributed by atoms with Crippen LogP contribution in [-0.2, 0) is 19.4 Å². The van der Waals surface area contributed by atoms with Crippen LogP contribution in [-0.4, -0.2) is 0 Å². The average molecular weight is 571 g/mol. The van der Waals surface area contributed by atoms with Gasteiger partial charge in [0.1, 0.15) is 6.54 Å². The lowest BCUT2D eigenvalue weighted by Crippen LogP contribution is -2.33. The van der Waals surface area contributed by atoms with Gasteiger partial charge in [-0.2, -0.15) is 0 Å². The van der Waals surface area contributed by atoms with E-state index in [0.717, 1.165) is 0 Å². The topological polar surface area (TPSA) is 3.88 Å². The summed E-state index contributed by atoms with van der Waals surface area (Å²) in [5, 5.41) is 0. The van der Waals surface area contributed by atoms with Gasteiger partial charge in [0, 0.05) is 18.1 Å². The molecular weight excluding hydrogens is 494 g/mol. The van der Waals surface area contributed by atoms with Crippen LogP contribution in [0.4, 0.5) is 0 Å². The first-order valence-electron chi connectivity index (χ1n) is 19.3. The highest BCUT2D eigenvalue weighted by molar-refractivity contribution is 5.21. The maximum atomic E-state index is 2.54. The third-order valence-corrected chi connectivity index (χ3v) is 9.32. The van der Waals surface area contributed by atoms with E-state index in [2.05, 4.69) is 43.8 Å². The van der Waals surface area contributed by atoms with Gasteiger partial charge in [-0.3, -0.25) is 0 Å². The van der Waals surface area contributed by atoms with Gasteiger partial charge in [-0.25, -0.2) is 4.57 Å². The molecule has 1 rings (SSSR count). The fraction of sp³-hybridized carbons (Fsp3) is 0.875. The first-order valence-corrected chi connectivity index (χ1v) is 19.3. The van der Waals surface area contributed by atoms with E-state index in [9.17, 15) is 0 Å². The Bertz CT molecular complexity index is 650. The molecule has 0 unspecified atom stereocenters. The zero-order valence-electron chi connectivity index (χ0n) is 28.8. The fourth-order valence-corrected chi connectivity index (χ4v) is 6.44. The van der Waals surface area contributed by atoms with Gasteiger partial charge >= 0.3 is 0 Å². The Hall–Kier alpha value is -0.850. The third-order valence-electron chi connectivity index (χ3n) is 9.32. The van der Waals surface area contributed by atoms with Crippen LogP contribution in [0.15, 0.2) is 18.5 Å². The number of unbranched alkanes of at least 4 members (excludes halogenated alkanes) is 26. The summed E-state index contributed by atoms with van der Waals surface area (Å²) >= 11 is 0. The second kappa shape index (κ2) is 30.6. The molecule has 0 spiro atoms. The van der Waals surface area contributed by atoms with E-state index in [-0.39, 0.29) is 0 Å². The summed E-state index contributed by atoms with van der Waals surface area (Å²) in [4.78, 5) is 0. The lowest BCUT2D eigenvalue weighted by molar-refractivity contribution is -0.697. The fourth-order valence-electron chi connectivity index (χ4n) is 6.44. The van der Waals surface area contributed by atoms with Crippen molar-refractivity contribution in [3.63, 3.8) is 0 Å². The quantitative estimate of drug-likeness (QED) is 0.0599. The van der Waals surface area contributed by atoms with E-state index in [1.807, 2.05) is 0 Å². The molecule has 1 heteroatoms. The van der Waals surface area contributed by atoms with Crippen molar-refractivity contribution in [2.45, 2.75) is 226 Å². The summed E-state index contributed by atoms with van der Waals surface area (Å²) < 4.78 is 2.51. The molecule has 1 aromatic heterocycles. The molecule has 1 heterocycles. The zero-order valence-corrected chi connectivity index (χ0v) is 28.8. The standard InChI is InChI=1S/C40H76N/c1-4-7-10-13-15-17-19-21-23-25-27-30-33-39-35-37-41(36-32-29-12-9-6-3)38-40(39)34-31-28-26-24-22-20-18-16-14-11-8-5-2/h35,37-38H,4-34,36H2,1-3H3/q+1. The molecule has 0 aliphatic rings. The van der Waals surface area contributed by atoms with Crippen LogP contribution in [0, 0.1) is 0 Å². The molecule has 240 valence electrons. The number of aryl methyl sites for hydroxylation is 3. The normalized spacial score (nSPS) is 11.5. The third kappa shape index (κ3) is 24.3. The molecule has 0 radical (unpaired) electrons.